The van der Waals surface area contributed by atoms with E-state index in [0.717, 1.165) is 38.0 Å². The van der Waals surface area contributed by atoms with E-state index in [1.165, 1.54) is 125 Å². The van der Waals surface area contributed by atoms with Crippen LogP contribution in [0.5, 0.6) is 11.5 Å². The monoisotopic (exact) mass is 1780 g/mol. The molecule has 0 aliphatic carbocycles. The Bertz CT molecular complexity index is 5110. The van der Waals surface area contributed by atoms with Gasteiger partial charge in [0.25, 0.3) is 0 Å². The molecule has 0 saturated carbocycles. The van der Waals surface area contributed by atoms with E-state index in [0.29, 0.717) is 51.8 Å². The number of rotatable bonds is 20. The summed E-state index contributed by atoms with van der Waals surface area (Å²) in [6.45, 7) is 7.72. The number of hydrogen-bond acceptors (Lipinski definition) is 21. The Labute approximate surface area is 744 Å². The van der Waals surface area contributed by atoms with E-state index < -0.39 is 167 Å². The molecule has 678 valence electrons. The Morgan fingerprint density at radius 2 is 1.17 bits per heavy atom. The van der Waals surface area contributed by atoms with E-state index in [4.69, 9.17) is 17.2 Å². The summed E-state index contributed by atoms with van der Waals surface area (Å²) in [5.74, 6) is -11.4. The Morgan fingerprint density at radius 1 is 0.598 bits per heavy atom. The van der Waals surface area contributed by atoms with Gasteiger partial charge in [-0.05, 0) is 132 Å². The van der Waals surface area contributed by atoms with Gasteiger partial charge in [0.05, 0.1) is 18.9 Å². The van der Waals surface area contributed by atoms with Crippen molar-refractivity contribution in [2.45, 2.75) is 183 Å². The van der Waals surface area contributed by atoms with Crippen molar-refractivity contribution >= 4 is 111 Å². The number of hydrogen-bond donors (Lipinski definition) is 16. The number of imidazole rings is 1. The lowest BCUT2D eigenvalue weighted by atomic mass is 9.85. The molecule has 0 unspecified atom stereocenters. The van der Waals surface area contributed by atoms with E-state index in [1.54, 1.807) is 81.7 Å². The van der Waals surface area contributed by atoms with Gasteiger partial charge in [-0.2, -0.15) is 23.5 Å². The highest BCUT2D eigenvalue weighted by molar-refractivity contribution is 7.98. The fourth-order valence-electron chi connectivity index (χ4n) is 14.3. The molecule has 8 aromatic rings. The van der Waals surface area contributed by atoms with Crippen molar-refractivity contribution in [3.8, 4) is 11.5 Å². The predicted molar refractivity (Wildman–Crippen MR) is 478 cm³/mol. The number of likely N-dealkylation sites (N-methyl/N-ethyl adjacent to an activating group) is 3. The fraction of sp³-hybridized carbons (Fsp3) is 0.411. The Hall–Kier alpha value is -12.7. The number of carbonyl (C=O) groups is 13. The zero-order chi connectivity index (χ0) is 92.2. The maximum Gasteiger partial charge on any atom is 0.247 e. The first-order chi connectivity index (χ1) is 60.6. The lowest BCUT2D eigenvalue weighted by Gasteiger charge is -2.34. The topological polar surface area (TPSA) is 516 Å². The van der Waals surface area contributed by atoms with Gasteiger partial charge in [-0.1, -0.05) is 125 Å². The minimum atomic E-state index is -1.64. The molecule has 37 heteroatoms. The maximum atomic E-state index is 15.7. The molecule has 3 aromatic heterocycles. The van der Waals surface area contributed by atoms with Crippen molar-refractivity contribution < 1.29 is 76.9 Å². The number of unbranched alkanes of at least 4 members (excludes halogenated alkanes) is 1. The van der Waals surface area contributed by atoms with Crippen LogP contribution in [0, 0.1) is 11.2 Å². The van der Waals surface area contributed by atoms with Gasteiger partial charge >= 0.3 is 0 Å². The van der Waals surface area contributed by atoms with Gasteiger partial charge in [-0.15, -0.1) is 0 Å². The van der Waals surface area contributed by atoms with E-state index in [9.17, 15) is 33.8 Å². The summed E-state index contributed by atoms with van der Waals surface area (Å²) >= 11 is 2.52. The van der Waals surface area contributed by atoms with Gasteiger partial charge in [0.1, 0.15) is 89.4 Å². The Morgan fingerprint density at radius 3 is 1.78 bits per heavy atom. The number of primary amides is 1. The highest BCUT2D eigenvalue weighted by atomic mass is 32.2. The van der Waals surface area contributed by atoms with Crippen molar-refractivity contribution in [3.63, 3.8) is 0 Å². The molecular formula is C90H114FN19O15S2. The van der Waals surface area contributed by atoms with Gasteiger partial charge < -0.3 is 99.9 Å². The van der Waals surface area contributed by atoms with Crippen molar-refractivity contribution in [2.75, 3.05) is 45.7 Å². The van der Waals surface area contributed by atoms with Crippen LogP contribution in [0.15, 0.2) is 164 Å². The summed E-state index contributed by atoms with van der Waals surface area (Å²) in [7, 11) is 3.90. The second-order valence-electron chi connectivity index (χ2n) is 32.6. The number of benzene rings is 5. The summed E-state index contributed by atoms with van der Waals surface area (Å²) in [6, 6.07) is 18.1. The molecular weight excluding hydrogens is 1670 g/mol. The number of pyridine rings is 1. The second kappa shape index (κ2) is 47.0. The first-order valence-corrected chi connectivity index (χ1v) is 44.1. The molecule has 34 nitrogen and oxygen atoms in total. The lowest BCUT2D eigenvalue weighted by Crippen LogP contribution is -2.62. The summed E-state index contributed by atoms with van der Waals surface area (Å²) in [5, 5.41) is 46.4. The summed E-state index contributed by atoms with van der Waals surface area (Å²) < 4.78 is 14.6. The number of amides is 13. The zero-order valence-corrected chi connectivity index (χ0v) is 73.8. The van der Waals surface area contributed by atoms with Crippen molar-refractivity contribution in [1.82, 2.24) is 82.5 Å². The number of phenolic OH excluding ortho intramolecular Hbond substituents is 2. The summed E-state index contributed by atoms with van der Waals surface area (Å²) in [6.07, 6.45) is 6.00. The van der Waals surface area contributed by atoms with E-state index in [-0.39, 0.29) is 98.0 Å². The number of nitrogens with one attached hydrogen (secondary N) is 11. The largest absolute Gasteiger partial charge is 0.508 e. The number of fused-ring (bicyclic) bond motifs is 3. The Kier molecular flexibility index (Phi) is 36.3. The van der Waals surface area contributed by atoms with Crippen LogP contribution in [0.25, 0.3) is 11.0 Å². The molecule has 4 heterocycles. The molecule has 0 fully saturated rings. The first kappa shape index (κ1) is 98.1. The van der Waals surface area contributed by atoms with Crippen LogP contribution in [0.4, 0.5) is 4.39 Å². The van der Waals surface area contributed by atoms with Crippen LogP contribution >= 0.6 is 23.5 Å². The summed E-state index contributed by atoms with van der Waals surface area (Å²) in [4.78, 5) is 212. The number of aromatic hydroxyl groups is 2. The first-order valence-electron chi connectivity index (χ1n) is 41.8. The molecule has 1 aliphatic heterocycles. The number of phenols is 2. The zero-order valence-electron chi connectivity index (χ0n) is 72.2. The number of thioether (sulfide) groups is 2. The average molecular weight is 1790 g/mol. The van der Waals surface area contributed by atoms with Crippen molar-refractivity contribution in [1.29, 1.82) is 0 Å². The average Bonchev–Trinajstić information content (AvgIpc) is 1.65. The van der Waals surface area contributed by atoms with Crippen LogP contribution in [-0.4, -0.2) is 234 Å². The number of H-pyrrole nitrogens is 2. The molecule has 2 bridgehead atoms. The molecule has 0 spiro atoms. The second-order valence-corrected chi connectivity index (χ2v) is 34.7. The van der Waals surface area contributed by atoms with Gasteiger partial charge in [0.2, 0.25) is 76.8 Å². The molecule has 0 saturated heterocycles. The minimum Gasteiger partial charge on any atom is -0.508 e. The molecule has 9 rings (SSSR count). The van der Waals surface area contributed by atoms with Crippen LogP contribution in [0.3, 0.4) is 0 Å². The standard InChI is InChI=1S/C90H114FN19O15S2/c1-9-17-65(93)80(116)105-72-50-127-48-57-19-15-18-56(38-57)47-126-49-71(77(94)114)99-74(113)46-108(6)89(125)73(41-55-24-30-60(91)31-25-55)110(8)88(124)69(40-54-28-34-63(112)35-29-54)103-82(118)68(42-59-44-97-78-64(59)22-16-37-96-78)102-85(121)75(58-20-11-10-12-21-58)106-79(115)52(2)109(7)87(123)70(43-61-45-95-51-98-61)104-81(117)66(23-13-14-36-92)100-86(122)76(90(3,4)5)107-83(119)67(101-84(72)120)39-53-26-32-62(111)33-27-53/h10-12,15-16,18-22,24-35,37-38,44-45,51-52,65-73,75-76,111-112H,9,13-14,17,23,36,39-43,46-50,92-93H2,1-8H3,(H2,94,114)(H,95,98)(H,96,97)(H,99,113)(H,100,122)(H,101,120)(H,102,121)(H,103,118)(H,104,117)(H,105,116)(H,106,115)(H,107,119)/t52-,65-,66-,67-,68-,69-,70-,71-,72-,73-,75-,76+/m0/s1. The predicted octanol–water partition coefficient (Wildman–Crippen LogP) is 3.19. The number of aromatic amines is 2. The highest BCUT2D eigenvalue weighted by Gasteiger charge is 2.42. The van der Waals surface area contributed by atoms with Crippen LogP contribution in [0.2, 0.25) is 0 Å². The number of aromatic nitrogens is 4. The molecule has 12 atom stereocenters. The third-order valence-electron chi connectivity index (χ3n) is 21.7. The third-order valence-corrected chi connectivity index (χ3v) is 23.9. The SMILES string of the molecule is CCC[C@H](N)C(=O)N[C@H]1CSCc2cccc(c2)CSC[C@@H](C(N)=O)NC(=O)CN(C)C(=O)[C@H](Cc2ccc(F)cc2)N(C)C(=O)[C@H](Cc2ccc(O)cc2)NC(=O)[C@H](Cc2c[nH]c3ncccc23)NC(=O)[C@H](c2ccccc2)NC(=O)[C@H](C)N(C)C(=O)[C@H](Cc2cnc[nH]2)NC(=O)[C@H](CCCCN)NC(=O)[C@H](C(C)(C)C)NC(=O)[C@H](Cc2ccc(O)cc2)NC1=O. The molecule has 19 N–H and O–H groups in total. The van der Waals surface area contributed by atoms with E-state index in [2.05, 4.69) is 67.8 Å². The maximum absolute atomic E-state index is 15.7. The van der Waals surface area contributed by atoms with Gasteiger partial charge in [0.15, 0.2) is 0 Å². The van der Waals surface area contributed by atoms with Crippen molar-refractivity contribution in [2.24, 2.45) is 22.6 Å². The molecule has 13 amide bonds. The molecule has 1 aliphatic rings. The fourth-order valence-corrected chi connectivity index (χ4v) is 16.3. The molecule has 0 radical (unpaired) electrons. The molecule has 127 heavy (non-hydrogen) atoms. The van der Waals surface area contributed by atoms with Crippen LogP contribution in [-0.2, 0) is 106 Å². The van der Waals surface area contributed by atoms with Crippen molar-refractivity contribution in [3.05, 3.63) is 215 Å². The molecule has 5 aromatic carbocycles. The quantitative estimate of drug-likeness (QED) is 0.0487. The Balaban J connectivity index is 1.09. The number of halogens is 1. The van der Waals surface area contributed by atoms with E-state index >= 15 is 43.2 Å². The van der Waals surface area contributed by atoms with E-state index in [1.807, 2.05) is 25.1 Å². The number of nitrogens with two attached hydrogens (primary N) is 3. The normalized spacial score (nSPS) is 22.1. The smallest absolute Gasteiger partial charge is 0.247 e. The summed E-state index contributed by atoms with van der Waals surface area (Å²) in [5.41, 5.74) is 21.3. The number of carbonyl (C=O) groups excluding carboxylic acids is 13. The highest BCUT2D eigenvalue weighted by Crippen LogP contribution is 2.27. The minimum absolute atomic E-state index is 0.0415. The number of nitrogens with zero attached hydrogens (tertiary/aromatic N) is 5. The van der Waals surface area contributed by atoms with Crippen LogP contribution < -0.4 is 65.1 Å². The van der Waals surface area contributed by atoms with Gasteiger partial charge in [-0.3, -0.25) is 62.3 Å². The lowest BCUT2D eigenvalue weighted by molar-refractivity contribution is -0.146. The van der Waals surface area contributed by atoms with Crippen LogP contribution in [0.1, 0.15) is 117 Å². The van der Waals surface area contributed by atoms with Gasteiger partial charge in [-0.25, -0.2) is 14.4 Å². The van der Waals surface area contributed by atoms with Gasteiger partial charge in [0, 0.05) is 106 Å². The third kappa shape index (κ3) is 28.9.